The number of aliphatic hydroxyl groups is 1. The Balaban J connectivity index is 1.94. The second-order valence-electron chi connectivity index (χ2n) is 5.49. The fourth-order valence-corrected chi connectivity index (χ4v) is 2.31. The number of amides is 2. The number of benzene rings is 2. The Morgan fingerprint density at radius 3 is 2.43 bits per heavy atom. The summed E-state index contributed by atoms with van der Waals surface area (Å²) in [6.45, 7) is 3.67. The van der Waals surface area contributed by atoms with Crippen molar-refractivity contribution in [3.05, 3.63) is 48.0 Å². The van der Waals surface area contributed by atoms with E-state index in [-0.39, 0.29) is 24.7 Å². The molecule has 0 aromatic heterocycles. The predicted octanol–water partition coefficient (Wildman–Crippen LogP) is 2.45. The molecule has 0 aliphatic carbocycles. The first-order valence-electron chi connectivity index (χ1n) is 7.24. The second kappa shape index (κ2) is 7.09. The predicted molar refractivity (Wildman–Crippen MR) is 85.3 cm³/mol. The van der Waals surface area contributed by atoms with Gasteiger partial charge in [-0.3, -0.25) is 0 Å². The smallest absolute Gasteiger partial charge is 0.315 e. The van der Waals surface area contributed by atoms with Gasteiger partial charge in [0.1, 0.15) is 0 Å². The molecule has 0 saturated carbocycles. The standard InChI is InChI=1S/C17H22N2O2/c1-12(18-17(21)19-13(2)11-20)9-14-7-8-15-5-3-4-6-16(15)10-14/h3-8,10,12-13,20H,9,11H2,1-2H3,(H2,18,19,21). The normalized spacial score (nSPS) is 13.7. The van der Waals surface area contributed by atoms with Crippen LogP contribution in [-0.2, 0) is 6.42 Å². The summed E-state index contributed by atoms with van der Waals surface area (Å²) >= 11 is 0. The number of rotatable bonds is 5. The van der Waals surface area contributed by atoms with Crippen LogP contribution in [0.15, 0.2) is 42.5 Å². The third-order valence-electron chi connectivity index (χ3n) is 3.38. The molecule has 0 saturated heterocycles. The van der Waals surface area contributed by atoms with Crippen molar-refractivity contribution in [1.82, 2.24) is 10.6 Å². The molecule has 3 N–H and O–H groups in total. The van der Waals surface area contributed by atoms with Crippen molar-refractivity contribution in [2.45, 2.75) is 32.4 Å². The van der Waals surface area contributed by atoms with Crippen LogP contribution in [0.3, 0.4) is 0 Å². The molecule has 0 fully saturated rings. The minimum Gasteiger partial charge on any atom is -0.394 e. The second-order valence-corrected chi connectivity index (χ2v) is 5.49. The molecule has 21 heavy (non-hydrogen) atoms. The van der Waals surface area contributed by atoms with E-state index in [0.29, 0.717) is 0 Å². The molecule has 2 rings (SSSR count). The molecule has 0 spiro atoms. The average Bonchev–Trinajstić information content (AvgIpc) is 2.46. The lowest BCUT2D eigenvalue weighted by molar-refractivity contribution is 0.218. The highest BCUT2D eigenvalue weighted by molar-refractivity contribution is 5.83. The molecule has 2 aromatic carbocycles. The highest BCUT2D eigenvalue weighted by atomic mass is 16.3. The number of hydrogen-bond acceptors (Lipinski definition) is 2. The average molecular weight is 286 g/mol. The quantitative estimate of drug-likeness (QED) is 0.790. The molecule has 0 radical (unpaired) electrons. The number of carbonyl (C=O) groups excluding carboxylic acids is 1. The molecule has 2 aromatic rings. The van der Waals surface area contributed by atoms with Crippen LogP contribution < -0.4 is 10.6 Å². The first kappa shape index (κ1) is 15.3. The molecular formula is C17H22N2O2. The van der Waals surface area contributed by atoms with Gasteiger partial charge in [-0.25, -0.2) is 4.79 Å². The molecule has 2 unspecified atom stereocenters. The Morgan fingerprint density at radius 2 is 1.71 bits per heavy atom. The van der Waals surface area contributed by atoms with Gasteiger partial charge in [-0.05, 0) is 36.6 Å². The largest absolute Gasteiger partial charge is 0.394 e. The van der Waals surface area contributed by atoms with Gasteiger partial charge in [0.05, 0.1) is 12.6 Å². The van der Waals surface area contributed by atoms with Gasteiger partial charge in [0, 0.05) is 6.04 Å². The Bertz CT molecular complexity index is 613. The van der Waals surface area contributed by atoms with E-state index in [1.807, 2.05) is 19.1 Å². The summed E-state index contributed by atoms with van der Waals surface area (Å²) in [6.07, 6.45) is 0.770. The fourth-order valence-electron chi connectivity index (χ4n) is 2.31. The third-order valence-corrected chi connectivity index (χ3v) is 3.38. The van der Waals surface area contributed by atoms with Gasteiger partial charge >= 0.3 is 6.03 Å². The van der Waals surface area contributed by atoms with Crippen molar-refractivity contribution >= 4 is 16.8 Å². The van der Waals surface area contributed by atoms with Crippen LogP contribution in [0.1, 0.15) is 19.4 Å². The zero-order valence-electron chi connectivity index (χ0n) is 12.5. The number of nitrogens with one attached hydrogen (secondary N) is 2. The maximum Gasteiger partial charge on any atom is 0.315 e. The zero-order chi connectivity index (χ0) is 15.2. The number of aliphatic hydroxyl groups excluding tert-OH is 1. The van der Waals surface area contributed by atoms with Crippen LogP contribution in [0.2, 0.25) is 0 Å². The molecular weight excluding hydrogens is 264 g/mol. The third kappa shape index (κ3) is 4.46. The van der Waals surface area contributed by atoms with Crippen molar-refractivity contribution in [3.63, 3.8) is 0 Å². The minimum absolute atomic E-state index is 0.0251. The van der Waals surface area contributed by atoms with E-state index in [4.69, 9.17) is 5.11 Å². The molecule has 2 atom stereocenters. The molecule has 4 nitrogen and oxygen atoms in total. The number of hydrogen-bond donors (Lipinski definition) is 3. The van der Waals surface area contributed by atoms with Crippen LogP contribution in [0, 0.1) is 0 Å². The maximum atomic E-state index is 11.7. The first-order chi connectivity index (χ1) is 10.1. The lowest BCUT2D eigenvalue weighted by Crippen LogP contribution is -2.46. The van der Waals surface area contributed by atoms with Gasteiger partial charge < -0.3 is 15.7 Å². The van der Waals surface area contributed by atoms with Crippen LogP contribution in [0.4, 0.5) is 4.79 Å². The summed E-state index contributed by atoms with van der Waals surface area (Å²) in [5.41, 5.74) is 1.19. The van der Waals surface area contributed by atoms with Gasteiger partial charge in [0.25, 0.3) is 0 Å². The van der Waals surface area contributed by atoms with E-state index in [9.17, 15) is 4.79 Å². The van der Waals surface area contributed by atoms with Crippen LogP contribution in [-0.4, -0.2) is 29.8 Å². The zero-order valence-corrected chi connectivity index (χ0v) is 12.5. The minimum atomic E-state index is -0.246. The van der Waals surface area contributed by atoms with Crippen LogP contribution >= 0.6 is 0 Å². The molecule has 0 aliphatic heterocycles. The van der Waals surface area contributed by atoms with Crippen LogP contribution in [0.25, 0.3) is 10.8 Å². The van der Waals surface area contributed by atoms with Crippen LogP contribution in [0.5, 0.6) is 0 Å². The van der Waals surface area contributed by atoms with Crippen molar-refractivity contribution in [2.75, 3.05) is 6.61 Å². The Hall–Kier alpha value is -2.07. The Labute approximate surface area is 125 Å². The summed E-state index contributed by atoms with van der Waals surface area (Å²) in [5.74, 6) is 0. The van der Waals surface area contributed by atoms with Gasteiger partial charge in [0.15, 0.2) is 0 Å². The van der Waals surface area contributed by atoms with Crippen molar-refractivity contribution in [1.29, 1.82) is 0 Å². The highest BCUT2D eigenvalue weighted by Crippen LogP contribution is 2.16. The molecule has 0 heterocycles. The Kier molecular flexibility index (Phi) is 5.17. The van der Waals surface area contributed by atoms with Gasteiger partial charge in [-0.2, -0.15) is 0 Å². The van der Waals surface area contributed by atoms with Crippen molar-refractivity contribution in [3.8, 4) is 0 Å². The summed E-state index contributed by atoms with van der Waals surface area (Å²) < 4.78 is 0. The first-order valence-corrected chi connectivity index (χ1v) is 7.24. The summed E-state index contributed by atoms with van der Waals surface area (Å²) in [4.78, 5) is 11.7. The Morgan fingerprint density at radius 1 is 1.05 bits per heavy atom. The topological polar surface area (TPSA) is 61.4 Å². The number of carbonyl (C=O) groups is 1. The van der Waals surface area contributed by atoms with E-state index < -0.39 is 0 Å². The van der Waals surface area contributed by atoms with Gasteiger partial charge in [-0.1, -0.05) is 42.5 Å². The number of urea groups is 1. The number of fused-ring (bicyclic) bond motifs is 1. The maximum absolute atomic E-state index is 11.7. The van der Waals surface area contributed by atoms with Gasteiger partial charge in [-0.15, -0.1) is 0 Å². The molecule has 2 amide bonds. The van der Waals surface area contributed by atoms with E-state index in [0.717, 1.165) is 6.42 Å². The van der Waals surface area contributed by atoms with E-state index in [2.05, 4.69) is 41.0 Å². The summed E-state index contributed by atoms with van der Waals surface area (Å²) in [7, 11) is 0. The molecule has 0 bridgehead atoms. The van der Waals surface area contributed by atoms with E-state index in [1.165, 1.54) is 16.3 Å². The van der Waals surface area contributed by atoms with Crippen molar-refractivity contribution < 1.29 is 9.90 Å². The fraction of sp³-hybridized carbons (Fsp3) is 0.353. The van der Waals surface area contributed by atoms with Gasteiger partial charge in [0.2, 0.25) is 0 Å². The lowest BCUT2D eigenvalue weighted by atomic mass is 10.0. The highest BCUT2D eigenvalue weighted by Gasteiger charge is 2.10. The van der Waals surface area contributed by atoms with E-state index >= 15 is 0 Å². The van der Waals surface area contributed by atoms with E-state index in [1.54, 1.807) is 6.92 Å². The van der Waals surface area contributed by atoms with Crippen molar-refractivity contribution in [2.24, 2.45) is 0 Å². The monoisotopic (exact) mass is 286 g/mol. The lowest BCUT2D eigenvalue weighted by Gasteiger charge is -2.17. The SMILES string of the molecule is CC(CO)NC(=O)NC(C)Cc1ccc2ccccc2c1. The molecule has 112 valence electrons. The molecule has 0 aliphatic rings. The molecule has 4 heteroatoms. The summed E-state index contributed by atoms with van der Waals surface area (Å²) in [5, 5.41) is 16.9. The summed E-state index contributed by atoms with van der Waals surface area (Å²) in [6, 6.07) is 14.1.